The van der Waals surface area contributed by atoms with E-state index in [4.69, 9.17) is 4.74 Å². The zero-order valence-corrected chi connectivity index (χ0v) is 19.2. The van der Waals surface area contributed by atoms with Crippen molar-refractivity contribution >= 4 is 14.2 Å². The lowest BCUT2D eigenvalue weighted by Crippen LogP contribution is -2.57. The molecule has 0 amide bonds. The van der Waals surface area contributed by atoms with Crippen LogP contribution >= 0.6 is 0 Å². The highest BCUT2D eigenvalue weighted by atomic mass is 28.3. The summed E-state index contributed by atoms with van der Waals surface area (Å²) >= 11 is 0. The zero-order valence-electron chi connectivity index (χ0n) is 18.2. The molecular weight excluding hydrogens is 340 g/mol. The largest absolute Gasteiger partial charge is 0.469 e. The molecule has 1 rings (SSSR count). The van der Waals surface area contributed by atoms with E-state index in [1.165, 1.54) is 77.5 Å². The Morgan fingerprint density at radius 2 is 1.65 bits per heavy atom. The SMILES string of the molecule is CCCCCCCCCC[Si](C)(C)N1CCCN(CC(C)C(=O)OC)C1. The van der Waals surface area contributed by atoms with Crippen LogP contribution in [0.25, 0.3) is 0 Å². The molecule has 4 nitrogen and oxygen atoms in total. The predicted molar refractivity (Wildman–Crippen MR) is 114 cm³/mol. The van der Waals surface area contributed by atoms with Gasteiger partial charge in [-0.1, -0.05) is 78.3 Å². The Morgan fingerprint density at radius 1 is 1.04 bits per heavy atom. The Kier molecular flexibility index (Phi) is 11.7. The van der Waals surface area contributed by atoms with Crippen LogP contribution in [-0.2, 0) is 9.53 Å². The Bertz CT molecular complexity index is 390. The monoisotopic (exact) mass is 384 g/mol. The number of methoxy groups -OCH3 is 1. The third-order valence-electron chi connectivity index (χ3n) is 5.91. The highest BCUT2D eigenvalue weighted by Gasteiger charge is 2.32. The fourth-order valence-corrected chi connectivity index (χ4v) is 6.80. The smallest absolute Gasteiger partial charge is 0.309 e. The van der Waals surface area contributed by atoms with Crippen LogP contribution in [-0.4, -0.2) is 57.1 Å². The second-order valence-electron chi connectivity index (χ2n) is 8.80. The lowest BCUT2D eigenvalue weighted by Gasteiger charge is -2.44. The molecule has 1 atom stereocenters. The minimum absolute atomic E-state index is 0.0302. The summed E-state index contributed by atoms with van der Waals surface area (Å²) in [5.41, 5.74) is 0. The van der Waals surface area contributed by atoms with Crippen LogP contribution < -0.4 is 0 Å². The molecule has 0 bridgehead atoms. The molecule has 1 fully saturated rings. The summed E-state index contributed by atoms with van der Waals surface area (Å²) in [6.45, 7) is 13.5. The van der Waals surface area contributed by atoms with Gasteiger partial charge in [-0.3, -0.25) is 9.69 Å². The fourth-order valence-electron chi connectivity index (χ4n) is 4.02. The number of unbranched alkanes of at least 4 members (excludes halogenated alkanes) is 7. The molecule has 0 aromatic carbocycles. The van der Waals surface area contributed by atoms with E-state index < -0.39 is 8.24 Å². The number of ether oxygens (including phenoxy) is 1. The van der Waals surface area contributed by atoms with Crippen LogP contribution in [0.5, 0.6) is 0 Å². The number of carbonyl (C=O) groups is 1. The van der Waals surface area contributed by atoms with Crippen LogP contribution in [0.2, 0.25) is 19.1 Å². The molecule has 0 N–H and O–H groups in total. The van der Waals surface area contributed by atoms with Crippen molar-refractivity contribution in [2.45, 2.75) is 90.8 Å². The van der Waals surface area contributed by atoms with E-state index in [2.05, 4.69) is 29.5 Å². The van der Waals surface area contributed by atoms with E-state index in [1.807, 2.05) is 6.92 Å². The number of hydrogen-bond donors (Lipinski definition) is 0. The molecule has 5 heteroatoms. The molecule has 0 spiro atoms. The van der Waals surface area contributed by atoms with Gasteiger partial charge in [-0.15, -0.1) is 0 Å². The van der Waals surface area contributed by atoms with E-state index in [0.717, 1.165) is 19.8 Å². The van der Waals surface area contributed by atoms with Gasteiger partial charge < -0.3 is 9.30 Å². The maximum absolute atomic E-state index is 11.7. The van der Waals surface area contributed by atoms with Crippen molar-refractivity contribution in [2.24, 2.45) is 5.92 Å². The van der Waals surface area contributed by atoms with E-state index >= 15 is 0 Å². The van der Waals surface area contributed by atoms with Gasteiger partial charge in [-0.25, -0.2) is 0 Å². The molecule has 1 aliphatic heterocycles. The molecule has 26 heavy (non-hydrogen) atoms. The fraction of sp³-hybridized carbons (Fsp3) is 0.952. The summed E-state index contributed by atoms with van der Waals surface area (Å²) in [5, 5.41) is 0. The van der Waals surface area contributed by atoms with Crippen molar-refractivity contribution in [1.82, 2.24) is 9.47 Å². The van der Waals surface area contributed by atoms with Gasteiger partial charge in [0.25, 0.3) is 0 Å². The number of carbonyl (C=O) groups excluding carboxylic acids is 1. The summed E-state index contributed by atoms with van der Waals surface area (Å²) in [4.78, 5) is 14.1. The zero-order chi connectivity index (χ0) is 19.4. The lowest BCUT2D eigenvalue weighted by molar-refractivity contribution is -0.145. The molecule has 0 aromatic heterocycles. The van der Waals surface area contributed by atoms with Gasteiger partial charge in [0.15, 0.2) is 0 Å². The Labute approximate surface area is 163 Å². The summed E-state index contributed by atoms with van der Waals surface area (Å²) in [5.74, 6) is -0.116. The Hall–Kier alpha value is -0.393. The molecule has 0 saturated carbocycles. The van der Waals surface area contributed by atoms with Crippen LogP contribution in [0.1, 0.15) is 71.6 Å². The molecule has 1 saturated heterocycles. The van der Waals surface area contributed by atoms with Gasteiger partial charge in [-0.2, -0.15) is 0 Å². The third-order valence-corrected chi connectivity index (χ3v) is 9.56. The third kappa shape index (κ3) is 9.00. The summed E-state index contributed by atoms with van der Waals surface area (Å²) in [6, 6.07) is 1.41. The summed E-state index contributed by atoms with van der Waals surface area (Å²) in [6.07, 6.45) is 12.4. The van der Waals surface area contributed by atoms with Crippen molar-refractivity contribution in [3.8, 4) is 0 Å². The van der Waals surface area contributed by atoms with Crippen LogP contribution in [0.4, 0.5) is 0 Å². The van der Waals surface area contributed by atoms with Gasteiger partial charge in [0, 0.05) is 19.8 Å². The molecule has 1 unspecified atom stereocenters. The van der Waals surface area contributed by atoms with E-state index in [1.54, 1.807) is 0 Å². The molecule has 154 valence electrons. The maximum Gasteiger partial charge on any atom is 0.309 e. The second-order valence-corrected chi connectivity index (χ2v) is 13.6. The van der Waals surface area contributed by atoms with Crippen molar-refractivity contribution in [2.75, 3.05) is 33.4 Å². The van der Waals surface area contributed by atoms with Crippen LogP contribution in [0.15, 0.2) is 0 Å². The first-order valence-electron chi connectivity index (χ1n) is 11.0. The standard InChI is InChI=1S/C21H44N2O2Si/c1-6-7-8-9-10-11-12-13-17-26(4,5)23-16-14-15-22(19-23)18-20(2)21(24)25-3/h20H,6-19H2,1-5H3. The van der Waals surface area contributed by atoms with Crippen LogP contribution in [0, 0.1) is 5.92 Å². The number of hydrogen-bond acceptors (Lipinski definition) is 4. The van der Waals surface area contributed by atoms with Crippen molar-refractivity contribution in [3.05, 3.63) is 0 Å². The molecule has 0 radical (unpaired) electrons. The first-order chi connectivity index (χ1) is 12.4. The average molecular weight is 385 g/mol. The quantitative estimate of drug-likeness (QED) is 0.251. The molecule has 1 heterocycles. The number of rotatable bonds is 13. The van der Waals surface area contributed by atoms with Crippen molar-refractivity contribution in [1.29, 1.82) is 0 Å². The predicted octanol–water partition coefficient (Wildman–Crippen LogP) is 5.11. The van der Waals surface area contributed by atoms with Gasteiger partial charge in [-0.05, 0) is 19.0 Å². The highest BCUT2D eigenvalue weighted by molar-refractivity contribution is 6.74. The maximum atomic E-state index is 11.7. The Balaban J connectivity index is 2.28. The molecule has 0 aliphatic carbocycles. The van der Waals surface area contributed by atoms with Crippen LogP contribution in [0.3, 0.4) is 0 Å². The average Bonchev–Trinajstić information content (AvgIpc) is 2.63. The number of esters is 1. The highest BCUT2D eigenvalue weighted by Crippen LogP contribution is 2.23. The summed E-state index contributed by atoms with van der Waals surface area (Å²) < 4.78 is 7.64. The van der Waals surface area contributed by atoms with Gasteiger partial charge in [0.1, 0.15) is 8.24 Å². The number of nitrogens with zero attached hydrogens (tertiary/aromatic N) is 2. The molecule has 1 aliphatic rings. The summed E-state index contributed by atoms with van der Waals surface area (Å²) in [7, 11) is 0.151. The molecular formula is C21H44N2O2Si. The first kappa shape index (κ1) is 23.6. The minimum atomic E-state index is -1.34. The minimum Gasteiger partial charge on any atom is -0.469 e. The van der Waals surface area contributed by atoms with E-state index in [0.29, 0.717) is 0 Å². The van der Waals surface area contributed by atoms with Crippen molar-refractivity contribution in [3.63, 3.8) is 0 Å². The topological polar surface area (TPSA) is 32.8 Å². The van der Waals surface area contributed by atoms with Gasteiger partial charge in [0.2, 0.25) is 0 Å². The van der Waals surface area contributed by atoms with E-state index in [-0.39, 0.29) is 11.9 Å². The van der Waals surface area contributed by atoms with Gasteiger partial charge in [0.05, 0.1) is 13.0 Å². The lowest BCUT2D eigenvalue weighted by atomic mass is 10.1. The molecule has 0 aromatic rings. The van der Waals surface area contributed by atoms with Crippen molar-refractivity contribution < 1.29 is 9.53 Å². The Morgan fingerprint density at radius 3 is 2.27 bits per heavy atom. The second kappa shape index (κ2) is 12.9. The van der Waals surface area contributed by atoms with E-state index in [9.17, 15) is 4.79 Å². The normalized spacial score (nSPS) is 18.0. The van der Waals surface area contributed by atoms with Gasteiger partial charge >= 0.3 is 5.97 Å². The first-order valence-corrected chi connectivity index (χ1v) is 14.1.